The first-order chi connectivity index (χ1) is 12.6. The van der Waals surface area contributed by atoms with Crippen molar-refractivity contribution >= 4 is 51.6 Å². The molecule has 0 fully saturated rings. The summed E-state index contributed by atoms with van der Waals surface area (Å²) >= 11 is 11.5. The minimum Gasteiger partial charge on any atom is -0.338 e. The normalized spacial score (nSPS) is 10.7. The minimum atomic E-state index is -0.103. The Hall–Kier alpha value is -2.44. The Morgan fingerprint density at radius 3 is 2.85 bits per heavy atom. The van der Waals surface area contributed by atoms with Crippen molar-refractivity contribution in [2.75, 3.05) is 5.32 Å². The van der Waals surface area contributed by atoms with Gasteiger partial charge in [-0.1, -0.05) is 37.1 Å². The molecule has 0 saturated carbocycles. The number of unbranched alkanes of at least 4 members (excludes halogenated alkanes) is 1. The van der Waals surface area contributed by atoms with Crippen LogP contribution in [0, 0.1) is 0 Å². The molecule has 1 aromatic heterocycles. The molecule has 5 nitrogen and oxygen atoms in total. The molecule has 0 aliphatic heterocycles. The minimum absolute atomic E-state index is 0.103. The molecule has 0 radical (unpaired) electrons. The van der Waals surface area contributed by atoms with Gasteiger partial charge in [-0.05, 0) is 49.0 Å². The number of H-pyrrole nitrogens is 1. The highest BCUT2D eigenvalue weighted by atomic mass is 35.5. The van der Waals surface area contributed by atoms with E-state index in [4.69, 9.17) is 23.8 Å². The number of aromatic nitrogens is 2. The maximum atomic E-state index is 11.8. The number of nitrogens with one attached hydrogen (secondary N) is 3. The van der Waals surface area contributed by atoms with Crippen LogP contribution in [0.4, 0.5) is 5.69 Å². The van der Waals surface area contributed by atoms with E-state index in [0.717, 1.165) is 35.3 Å². The predicted molar refractivity (Wildman–Crippen MR) is 110 cm³/mol. The van der Waals surface area contributed by atoms with Crippen LogP contribution in [0.1, 0.15) is 26.2 Å². The van der Waals surface area contributed by atoms with Crippen LogP contribution < -0.4 is 10.6 Å². The van der Waals surface area contributed by atoms with E-state index in [1.54, 1.807) is 6.07 Å². The van der Waals surface area contributed by atoms with Crippen LogP contribution in [0.5, 0.6) is 0 Å². The molecule has 0 aliphatic carbocycles. The van der Waals surface area contributed by atoms with Gasteiger partial charge in [-0.2, -0.15) is 0 Å². The van der Waals surface area contributed by atoms with Crippen LogP contribution in [-0.4, -0.2) is 21.0 Å². The van der Waals surface area contributed by atoms with Crippen molar-refractivity contribution in [1.82, 2.24) is 15.3 Å². The van der Waals surface area contributed by atoms with E-state index < -0.39 is 0 Å². The molecular weight excluding hydrogens is 368 g/mol. The summed E-state index contributed by atoms with van der Waals surface area (Å²) in [6.07, 6.45) is 2.24. The summed E-state index contributed by atoms with van der Waals surface area (Å²) in [6, 6.07) is 13.3. The summed E-state index contributed by atoms with van der Waals surface area (Å²) in [5, 5.41) is 6.40. The van der Waals surface area contributed by atoms with Gasteiger partial charge in [-0.25, -0.2) is 4.98 Å². The third-order valence-electron chi connectivity index (χ3n) is 3.89. The standard InChI is InChI=1S/C19H19ClN4OS/c1-2-3-8-17(25)24-19(26)23-16-11-12(9-10-13(16)20)18-21-14-6-4-5-7-15(14)22-18/h4-7,9-11H,2-3,8H2,1H3,(H,21,22)(H2,23,24,25,26). The van der Waals surface area contributed by atoms with E-state index >= 15 is 0 Å². The van der Waals surface area contributed by atoms with Gasteiger partial charge in [-0.15, -0.1) is 0 Å². The molecule has 3 aromatic rings. The molecule has 2 aromatic carbocycles. The average molecular weight is 387 g/mol. The molecule has 0 aliphatic rings. The number of carbonyl (C=O) groups is 1. The van der Waals surface area contributed by atoms with Crippen LogP contribution in [-0.2, 0) is 4.79 Å². The van der Waals surface area contributed by atoms with Crippen molar-refractivity contribution in [2.24, 2.45) is 0 Å². The Morgan fingerprint density at radius 1 is 1.27 bits per heavy atom. The van der Waals surface area contributed by atoms with Gasteiger partial charge in [0.15, 0.2) is 5.11 Å². The third-order valence-corrected chi connectivity index (χ3v) is 4.42. The number of hydrogen-bond donors (Lipinski definition) is 3. The largest absolute Gasteiger partial charge is 0.338 e. The Kier molecular flexibility index (Phi) is 5.85. The number of benzene rings is 2. The van der Waals surface area contributed by atoms with E-state index in [9.17, 15) is 4.79 Å². The number of rotatable bonds is 5. The lowest BCUT2D eigenvalue weighted by Crippen LogP contribution is -2.34. The number of para-hydroxylation sites is 2. The average Bonchev–Trinajstić information content (AvgIpc) is 3.06. The summed E-state index contributed by atoms with van der Waals surface area (Å²) < 4.78 is 0. The first-order valence-electron chi connectivity index (χ1n) is 8.42. The number of imidazole rings is 1. The van der Waals surface area contributed by atoms with Crippen LogP contribution in [0.3, 0.4) is 0 Å². The van der Waals surface area contributed by atoms with Crippen molar-refractivity contribution in [2.45, 2.75) is 26.2 Å². The second-order valence-corrected chi connectivity index (χ2v) is 6.72. The lowest BCUT2D eigenvalue weighted by atomic mass is 10.2. The van der Waals surface area contributed by atoms with Crippen LogP contribution in [0.15, 0.2) is 42.5 Å². The van der Waals surface area contributed by atoms with Gasteiger partial charge >= 0.3 is 0 Å². The van der Waals surface area contributed by atoms with E-state index in [-0.39, 0.29) is 11.0 Å². The van der Waals surface area contributed by atoms with Gasteiger partial charge in [0.1, 0.15) is 5.82 Å². The fraction of sp³-hybridized carbons (Fsp3) is 0.211. The van der Waals surface area contributed by atoms with Crippen LogP contribution in [0.2, 0.25) is 5.02 Å². The maximum absolute atomic E-state index is 11.8. The molecule has 26 heavy (non-hydrogen) atoms. The predicted octanol–water partition coefficient (Wildman–Crippen LogP) is 4.89. The molecule has 0 atom stereocenters. The number of thiocarbonyl (C=S) groups is 1. The fourth-order valence-corrected chi connectivity index (χ4v) is 2.93. The zero-order chi connectivity index (χ0) is 18.5. The molecule has 1 heterocycles. The molecular formula is C19H19ClN4OS. The van der Waals surface area contributed by atoms with E-state index in [2.05, 4.69) is 20.6 Å². The number of aromatic amines is 1. The van der Waals surface area contributed by atoms with Gasteiger partial charge in [0.25, 0.3) is 0 Å². The SMILES string of the molecule is CCCCC(=O)NC(=S)Nc1cc(-c2nc3ccccc3[nH]2)ccc1Cl. The zero-order valence-electron chi connectivity index (χ0n) is 14.3. The number of carbonyl (C=O) groups excluding carboxylic acids is 1. The molecule has 0 bridgehead atoms. The molecule has 134 valence electrons. The first kappa shape index (κ1) is 18.4. The fourth-order valence-electron chi connectivity index (χ4n) is 2.54. The summed E-state index contributed by atoms with van der Waals surface area (Å²) in [4.78, 5) is 19.7. The monoisotopic (exact) mass is 386 g/mol. The number of nitrogens with zero attached hydrogens (tertiary/aromatic N) is 1. The van der Waals surface area contributed by atoms with Gasteiger partial charge < -0.3 is 15.6 Å². The number of amides is 1. The molecule has 0 spiro atoms. The highest BCUT2D eigenvalue weighted by Gasteiger charge is 2.10. The zero-order valence-corrected chi connectivity index (χ0v) is 15.9. The van der Waals surface area contributed by atoms with Crippen LogP contribution in [0.25, 0.3) is 22.4 Å². The van der Waals surface area contributed by atoms with E-state index in [1.165, 1.54) is 0 Å². The second-order valence-electron chi connectivity index (χ2n) is 5.90. The summed E-state index contributed by atoms with van der Waals surface area (Å²) in [6.45, 7) is 2.03. The number of halogens is 1. The maximum Gasteiger partial charge on any atom is 0.226 e. The number of anilines is 1. The lowest BCUT2D eigenvalue weighted by molar-refractivity contribution is -0.119. The molecule has 3 rings (SSSR count). The number of hydrogen-bond acceptors (Lipinski definition) is 3. The van der Waals surface area contributed by atoms with Crippen molar-refractivity contribution in [1.29, 1.82) is 0 Å². The summed E-state index contributed by atoms with van der Waals surface area (Å²) in [5.41, 5.74) is 3.34. The molecule has 0 unspecified atom stereocenters. The summed E-state index contributed by atoms with van der Waals surface area (Å²) in [5.74, 6) is 0.637. The topological polar surface area (TPSA) is 69.8 Å². The van der Waals surface area contributed by atoms with Crippen molar-refractivity contribution < 1.29 is 4.79 Å². The van der Waals surface area contributed by atoms with Crippen molar-refractivity contribution in [3.63, 3.8) is 0 Å². The lowest BCUT2D eigenvalue weighted by Gasteiger charge is -2.12. The van der Waals surface area contributed by atoms with Crippen molar-refractivity contribution in [3.05, 3.63) is 47.5 Å². The first-order valence-corrected chi connectivity index (χ1v) is 9.21. The molecule has 3 N–H and O–H groups in total. The third kappa shape index (κ3) is 4.39. The summed E-state index contributed by atoms with van der Waals surface area (Å²) in [7, 11) is 0. The Balaban J connectivity index is 1.77. The molecule has 0 saturated heterocycles. The second kappa shape index (κ2) is 8.29. The number of fused-ring (bicyclic) bond motifs is 1. The van der Waals surface area contributed by atoms with Crippen molar-refractivity contribution in [3.8, 4) is 11.4 Å². The van der Waals surface area contributed by atoms with E-state index in [0.29, 0.717) is 17.1 Å². The Morgan fingerprint density at radius 2 is 2.08 bits per heavy atom. The van der Waals surface area contributed by atoms with Gasteiger partial charge in [0.05, 0.1) is 21.7 Å². The highest BCUT2D eigenvalue weighted by Crippen LogP contribution is 2.28. The Labute approximate surface area is 162 Å². The van der Waals surface area contributed by atoms with Crippen LogP contribution >= 0.6 is 23.8 Å². The van der Waals surface area contributed by atoms with Gasteiger partial charge in [0.2, 0.25) is 5.91 Å². The Bertz CT molecular complexity index is 921. The van der Waals surface area contributed by atoms with E-state index in [1.807, 2.05) is 43.3 Å². The smallest absolute Gasteiger partial charge is 0.226 e. The highest BCUT2D eigenvalue weighted by molar-refractivity contribution is 7.80. The van der Waals surface area contributed by atoms with Gasteiger partial charge in [-0.3, -0.25) is 4.79 Å². The molecule has 7 heteroatoms. The molecule has 1 amide bonds. The quantitative estimate of drug-likeness (QED) is 0.546. The van der Waals surface area contributed by atoms with Gasteiger partial charge in [0, 0.05) is 12.0 Å².